The van der Waals surface area contributed by atoms with Gasteiger partial charge in [0.1, 0.15) is 18.3 Å². The first kappa shape index (κ1) is 20.2. The van der Waals surface area contributed by atoms with Crippen molar-refractivity contribution in [2.24, 2.45) is 17.8 Å². The van der Waals surface area contributed by atoms with Gasteiger partial charge >= 0.3 is 6.11 Å². The number of rotatable bonds is 3. The molecule has 134 valence electrons. The molecule has 0 amide bonds. The SMILES string of the molecule is CC.CC1CCC(C(F)(F)OC2CC(F)C(C#N)C(F)C2)CC1. The van der Waals surface area contributed by atoms with Gasteiger partial charge in [-0.3, -0.25) is 0 Å². The lowest BCUT2D eigenvalue weighted by Crippen LogP contribution is -2.44. The number of alkyl halides is 4. The maximum atomic E-state index is 14.1. The van der Waals surface area contributed by atoms with Crippen molar-refractivity contribution in [3.05, 3.63) is 0 Å². The Morgan fingerprint density at radius 1 is 1.00 bits per heavy atom. The van der Waals surface area contributed by atoms with Gasteiger partial charge in [-0.25, -0.2) is 8.78 Å². The molecule has 0 aromatic carbocycles. The molecule has 2 fully saturated rings. The fraction of sp³-hybridized carbons (Fsp3) is 0.941. The highest BCUT2D eigenvalue weighted by molar-refractivity contribution is 4.99. The van der Waals surface area contributed by atoms with E-state index < -0.39 is 36.4 Å². The van der Waals surface area contributed by atoms with Crippen molar-refractivity contribution >= 4 is 0 Å². The number of nitriles is 1. The van der Waals surface area contributed by atoms with Crippen molar-refractivity contribution in [3.8, 4) is 6.07 Å². The summed E-state index contributed by atoms with van der Waals surface area (Å²) in [5.41, 5.74) is 0. The van der Waals surface area contributed by atoms with E-state index in [9.17, 15) is 17.6 Å². The highest BCUT2D eigenvalue weighted by atomic mass is 19.3. The lowest BCUT2D eigenvalue weighted by molar-refractivity contribution is -0.305. The molecule has 6 heteroatoms. The lowest BCUT2D eigenvalue weighted by Gasteiger charge is -2.37. The molecule has 23 heavy (non-hydrogen) atoms. The third kappa shape index (κ3) is 5.34. The van der Waals surface area contributed by atoms with Crippen LogP contribution in [0.4, 0.5) is 17.6 Å². The van der Waals surface area contributed by atoms with E-state index in [2.05, 4.69) is 0 Å². The van der Waals surface area contributed by atoms with Crippen molar-refractivity contribution in [3.63, 3.8) is 0 Å². The first-order valence-corrected chi connectivity index (χ1v) is 8.57. The minimum Gasteiger partial charge on any atom is -0.317 e. The molecular weight excluding hydrogens is 310 g/mol. The molecule has 0 N–H and O–H groups in total. The third-order valence-corrected chi connectivity index (χ3v) is 4.72. The largest absolute Gasteiger partial charge is 0.358 e. The van der Waals surface area contributed by atoms with Crippen molar-refractivity contribution in [1.29, 1.82) is 5.26 Å². The fourth-order valence-corrected chi connectivity index (χ4v) is 3.29. The summed E-state index contributed by atoms with van der Waals surface area (Å²) in [5, 5.41) is 8.66. The lowest BCUT2D eigenvalue weighted by atomic mass is 9.82. The molecule has 2 rings (SSSR count). The maximum Gasteiger partial charge on any atom is 0.358 e. The normalized spacial score (nSPS) is 38.2. The van der Waals surface area contributed by atoms with Crippen LogP contribution in [0.25, 0.3) is 0 Å². The second kappa shape index (κ2) is 8.86. The predicted octanol–water partition coefficient (Wildman–Crippen LogP) is 5.43. The van der Waals surface area contributed by atoms with Crippen LogP contribution in [0.2, 0.25) is 0 Å². The molecule has 0 aromatic rings. The van der Waals surface area contributed by atoms with E-state index in [0.717, 1.165) is 12.8 Å². The molecule has 2 unspecified atom stereocenters. The summed E-state index contributed by atoms with van der Waals surface area (Å²) in [4.78, 5) is 0. The molecule has 2 aliphatic rings. The van der Waals surface area contributed by atoms with Gasteiger partial charge in [-0.1, -0.05) is 33.6 Å². The predicted molar refractivity (Wildman–Crippen MR) is 80.4 cm³/mol. The Morgan fingerprint density at radius 2 is 1.48 bits per heavy atom. The first-order chi connectivity index (χ1) is 10.8. The second-order valence-corrected chi connectivity index (χ2v) is 6.42. The zero-order valence-corrected chi connectivity index (χ0v) is 14.1. The van der Waals surface area contributed by atoms with Crippen molar-refractivity contribution in [2.45, 2.75) is 83.9 Å². The van der Waals surface area contributed by atoms with Crippen LogP contribution >= 0.6 is 0 Å². The van der Waals surface area contributed by atoms with Gasteiger partial charge in [-0.2, -0.15) is 14.0 Å². The zero-order valence-electron chi connectivity index (χ0n) is 14.1. The van der Waals surface area contributed by atoms with E-state index in [1.165, 1.54) is 0 Å². The number of hydrogen-bond acceptors (Lipinski definition) is 2. The average molecular weight is 337 g/mol. The van der Waals surface area contributed by atoms with E-state index in [-0.39, 0.29) is 12.8 Å². The number of halogens is 4. The van der Waals surface area contributed by atoms with Gasteiger partial charge in [0.25, 0.3) is 0 Å². The zero-order chi connectivity index (χ0) is 17.6. The van der Waals surface area contributed by atoms with Crippen LogP contribution in [0, 0.1) is 29.1 Å². The highest BCUT2D eigenvalue weighted by Crippen LogP contribution is 2.42. The fourth-order valence-electron chi connectivity index (χ4n) is 3.29. The maximum absolute atomic E-state index is 14.1. The Morgan fingerprint density at radius 3 is 1.91 bits per heavy atom. The van der Waals surface area contributed by atoms with Crippen LogP contribution < -0.4 is 0 Å². The molecule has 0 bridgehead atoms. The van der Waals surface area contributed by atoms with Gasteiger partial charge in [0, 0.05) is 12.8 Å². The standard InChI is InChI=1S/C15H21F4NO.C2H6/c1-9-2-4-10(5-3-9)15(18,19)21-11-6-13(16)12(8-20)14(17)7-11;1-2/h9-14H,2-7H2,1H3;1-2H3. The summed E-state index contributed by atoms with van der Waals surface area (Å²) in [6.45, 7) is 6.03. The van der Waals surface area contributed by atoms with E-state index >= 15 is 0 Å². The Labute approximate surface area is 136 Å². The number of nitrogens with zero attached hydrogens (tertiary/aromatic N) is 1. The minimum atomic E-state index is -3.34. The molecule has 0 aliphatic heterocycles. The highest BCUT2D eigenvalue weighted by Gasteiger charge is 2.47. The second-order valence-electron chi connectivity index (χ2n) is 6.42. The van der Waals surface area contributed by atoms with Crippen LogP contribution in [0.1, 0.15) is 59.3 Å². The van der Waals surface area contributed by atoms with Crippen molar-refractivity contribution in [2.75, 3.05) is 0 Å². The number of ether oxygens (including phenoxy) is 1. The van der Waals surface area contributed by atoms with E-state index in [1.807, 2.05) is 20.8 Å². The van der Waals surface area contributed by atoms with Gasteiger partial charge in [-0.15, -0.1) is 0 Å². The molecule has 0 saturated heterocycles. The summed E-state index contributed by atoms with van der Waals surface area (Å²) < 4.78 is 60.3. The third-order valence-electron chi connectivity index (χ3n) is 4.72. The Bertz CT molecular complexity index is 379. The molecule has 2 nitrogen and oxygen atoms in total. The van der Waals surface area contributed by atoms with E-state index in [4.69, 9.17) is 10.00 Å². The Balaban J connectivity index is 0.00000127. The van der Waals surface area contributed by atoms with Gasteiger partial charge in [-0.05, 0) is 18.8 Å². The summed E-state index contributed by atoms with van der Waals surface area (Å²) in [5.74, 6) is -1.80. The summed E-state index contributed by atoms with van der Waals surface area (Å²) in [6, 6.07) is 1.56. The van der Waals surface area contributed by atoms with Crippen LogP contribution in [0.3, 0.4) is 0 Å². The summed E-state index contributed by atoms with van der Waals surface area (Å²) >= 11 is 0. The van der Waals surface area contributed by atoms with Crippen molar-refractivity contribution in [1.82, 2.24) is 0 Å². The number of hydrogen-bond donors (Lipinski definition) is 0. The van der Waals surface area contributed by atoms with Crippen LogP contribution in [-0.2, 0) is 4.74 Å². The molecule has 0 heterocycles. The first-order valence-electron chi connectivity index (χ1n) is 8.57. The van der Waals surface area contributed by atoms with Crippen LogP contribution in [0.15, 0.2) is 0 Å². The Kier molecular flexibility index (Phi) is 7.79. The van der Waals surface area contributed by atoms with Crippen LogP contribution in [-0.4, -0.2) is 24.6 Å². The Hall–Kier alpha value is -0.830. The van der Waals surface area contributed by atoms with Gasteiger partial charge in [0.15, 0.2) is 0 Å². The molecule has 0 aromatic heterocycles. The quantitative estimate of drug-likeness (QED) is 0.644. The van der Waals surface area contributed by atoms with Crippen molar-refractivity contribution < 1.29 is 22.3 Å². The monoisotopic (exact) mass is 337 g/mol. The minimum absolute atomic E-state index is 0.336. The molecule has 0 radical (unpaired) electrons. The summed E-state index contributed by atoms with van der Waals surface area (Å²) in [7, 11) is 0. The molecule has 2 aliphatic carbocycles. The van der Waals surface area contributed by atoms with E-state index in [1.54, 1.807) is 6.07 Å². The van der Waals surface area contributed by atoms with Gasteiger partial charge in [0.2, 0.25) is 0 Å². The average Bonchev–Trinajstić information content (AvgIpc) is 2.49. The molecule has 2 atom stereocenters. The smallest absolute Gasteiger partial charge is 0.317 e. The van der Waals surface area contributed by atoms with E-state index in [0.29, 0.717) is 18.8 Å². The van der Waals surface area contributed by atoms with Gasteiger partial charge in [0.05, 0.1) is 18.1 Å². The molecule has 0 spiro atoms. The molecule has 2 saturated carbocycles. The molecular formula is C17H27F4NO. The van der Waals surface area contributed by atoms with Crippen LogP contribution in [0.5, 0.6) is 0 Å². The van der Waals surface area contributed by atoms with Gasteiger partial charge < -0.3 is 4.74 Å². The topological polar surface area (TPSA) is 33.0 Å². The summed E-state index contributed by atoms with van der Waals surface area (Å²) in [6.07, 6.45) is -6.46.